The van der Waals surface area contributed by atoms with E-state index >= 15 is 0 Å². The third kappa shape index (κ3) is 19.4. The van der Waals surface area contributed by atoms with Crippen LogP contribution < -0.4 is 0 Å². The fourth-order valence-electron chi connectivity index (χ4n) is 3.76. The molecular weight excluding hydrogens is 431 g/mol. The average molecular weight is 480 g/mol. The van der Waals surface area contributed by atoms with Crippen molar-refractivity contribution in [3.05, 3.63) is 12.8 Å². The number of hydrogen-bond donors (Lipinski definition) is 0. The normalized spacial score (nSPS) is 13.1. The molecule has 0 saturated heterocycles. The predicted octanol–water partition coefficient (Wildman–Crippen LogP) is 9.06. The number of ether oxygens (including phenoxy) is 1. The fraction of sp³-hybridized carbons (Fsp3) is 0.875. The molecule has 0 N–H and O–H groups in total. The Balaban J connectivity index is 3.43. The van der Waals surface area contributed by atoms with Gasteiger partial charge in [-0.1, -0.05) is 39.0 Å². The standard InChI is InChI=1S/C24H48BrO2P/c1-5-7-8-9-10-11-12-13-14-15-16-17-18-19-20-21-22-28(3,4,25)23-24(26)27-6-2/h6H,2,5,7-23H2,1,3-4H3. The van der Waals surface area contributed by atoms with Gasteiger partial charge in [0, 0.05) is 0 Å². The fourth-order valence-corrected chi connectivity index (χ4v) is 7.35. The van der Waals surface area contributed by atoms with Crippen molar-refractivity contribution in [3.8, 4) is 0 Å². The molecule has 0 aromatic rings. The van der Waals surface area contributed by atoms with Crippen molar-refractivity contribution in [2.75, 3.05) is 25.7 Å². The first-order chi connectivity index (χ1) is 13.3. The first-order valence-electron chi connectivity index (χ1n) is 11.8. The van der Waals surface area contributed by atoms with E-state index in [1.54, 1.807) is 0 Å². The van der Waals surface area contributed by atoms with E-state index in [0.717, 1.165) is 6.16 Å². The first kappa shape index (κ1) is 28.1. The van der Waals surface area contributed by atoms with Crippen molar-refractivity contribution < 1.29 is 9.53 Å². The van der Waals surface area contributed by atoms with Gasteiger partial charge in [-0.05, 0) is 0 Å². The van der Waals surface area contributed by atoms with Gasteiger partial charge in [0.1, 0.15) is 0 Å². The second-order valence-corrected chi connectivity index (χ2v) is 22.4. The molecule has 4 heteroatoms. The van der Waals surface area contributed by atoms with Crippen LogP contribution in [0.2, 0.25) is 0 Å². The second kappa shape index (κ2) is 16.9. The van der Waals surface area contributed by atoms with Crippen LogP contribution in [0.1, 0.15) is 110 Å². The molecule has 0 radical (unpaired) electrons. The van der Waals surface area contributed by atoms with Crippen LogP contribution in [0.3, 0.4) is 0 Å². The average Bonchev–Trinajstić information content (AvgIpc) is 2.60. The first-order valence-corrected chi connectivity index (χ1v) is 17.3. The van der Waals surface area contributed by atoms with Crippen LogP contribution in [0.4, 0.5) is 0 Å². The summed E-state index contributed by atoms with van der Waals surface area (Å²) >= 11 is 3.90. The van der Waals surface area contributed by atoms with E-state index in [1.165, 1.54) is 109 Å². The van der Waals surface area contributed by atoms with E-state index in [4.69, 9.17) is 4.74 Å². The maximum absolute atomic E-state index is 11.7. The minimum absolute atomic E-state index is 0.161. The van der Waals surface area contributed by atoms with Crippen molar-refractivity contribution in [2.24, 2.45) is 0 Å². The molecule has 0 aliphatic carbocycles. The smallest absolute Gasteiger partial charge is 0.0654 e. The molecule has 0 aromatic heterocycles. The van der Waals surface area contributed by atoms with Crippen LogP contribution in [0.15, 0.2) is 12.8 Å². The maximum atomic E-state index is 11.7. The van der Waals surface area contributed by atoms with Crippen LogP contribution in [-0.4, -0.2) is 31.6 Å². The van der Waals surface area contributed by atoms with Crippen molar-refractivity contribution in [3.63, 3.8) is 0 Å². The Labute approximate surface area is 184 Å². The zero-order valence-corrected chi connectivity index (χ0v) is 21.6. The third-order valence-corrected chi connectivity index (χ3v) is 10.3. The molecule has 0 saturated carbocycles. The van der Waals surface area contributed by atoms with Gasteiger partial charge in [0.2, 0.25) is 0 Å². The monoisotopic (exact) mass is 478 g/mol. The van der Waals surface area contributed by atoms with E-state index in [-0.39, 0.29) is 5.97 Å². The number of hydrogen-bond acceptors (Lipinski definition) is 2. The summed E-state index contributed by atoms with van der Waals surface area (Å²) in [6.45, 7) is 10.2. The van der Waals surface area contributed by atoms with Crippen LogP contribution in [-0.2, 0) is 9.53 Å². The Bertz CT molecular complexity index is 401. The van der Waals surface area contributed by atoms with Gasteiger partial charge in [-0.25, -0.2) is 0 Å². The molecule has 2 nitrogen and oxygen atoms in total. The minimum Gasteiger partial charge on any atom is -0.0654 e. The molecular formula is C24H48BrO2P. The summed E-state index contributed by atoms with van der Waals surface area (Å²) in [5, 5.41) is -2.09. The van der Waals surface area contributed by atoms with Crippen LogP contribution >= 0.6 is 20.8 Å². The Kier molecular flexibility index (Phi) is 16.9. The summed E-state index contributed by atoms with van der Waals surface area (Å²) in [6, 6.07) is 0. The van der Waals surface area contributed by atoms with E-state index in [2.05, 4.69) is 42.3 Å². The predicted molar refractivity (Wildman–Crippen MR) is 133 cm³/mol. The van der Waals surface area contributed by atoms with Gasteiger partial charge in [-0.3, -0.25) is 0 Å². The van der Waals surface area contributed by atoms with E-state index in [1.807, 2.05) is 0 Å². The molecule has 0 fully saturated rings. The Hall–Kier alpha value is 0.120. The third-order valence-electron chi connectivity index (χ3n) is 5.53. The number of rotatable bonds is 20. The molecule has 0 heterocycles. The molecule has 0 unspecified atom stereocenters. The van der Waals surface area contributed by atoms with Crippen molar-refractivity contribution >= 4 is 26.8 Å². The molecule has 0 aliphatic rings. The van der Waals surface area contributed by atoms with Gasteiger partial charge in [0.15, 0.2) is 0 Å². The SMILES string of the molecule is C=COC(=O)CP(C)(C)(Br)CCCCCCCCCCCCCCCCCC. The Morgan fingerprint density at radius 3 is 1.50 bits per heavy atom. The molecule has 28 heavy (non-hydrogen) atoms. The molecule has 0 rings (SSSR count). The van der Waals surface area contributed by atoms with Gasteiger partial charge in [0.05, 0.1) is 0 Å². The second-order valence-electron chi connectivity index (χ2n) is 9.35. The molecule has 0 aromatic carbocycles. The summed E-state index contributed by atoms with van der Waals surface area (Å²) in [7, 11) is 0. The molecule has 0 aliphatic heterocycles. The van der Waals surface area contributed by atoms with Crippen LogP contribution in [0, 0.1) is 0 Å². The van der Waals surface area contributed by atoms with E-state index in [0.29, 0.717) is 6.16 Å². The summed E-state index contributed by atoms with van der Waals surface area (Å²) in [5.41, 5.74) is 0. The molecule has 0 bridgehead atoms. The van der Waals surface area contributed by atoms with Gasteiger partial charge in [0.25, 0.3) is 0 Å². The minimum atomic E-state index is -2.09. The summed E-state index contributed by atoms with van der Waals surface area (Å²) in [4.78, 5) is 11.7. The van der Waals surface area contributed by atoms with Gasteiger partial charge in [-0.15, -0.1) is 0 Å². The zero-order chi connectivity index (χ0) is 21.2. The van der Waals surface area contributed by atoms with Gasteiger partial charge in [-0.2, -0.15) is 0 Å². The Morgan fingerprint density at radius 2 is 1.14 bits per heavy atom. The molecule has 0 amide bonds. The number of unbranched alkanes of at least 4 members (excludes halogenated alkanes) is 15. The van der Waals surface area contributed by atoms with Crippen LogP contribution in [0.25, 0.3) is 0 Å². The van der Waals surface area contributed by atoms with Gasteiger partial charge >= 0.3 is 145 Å². The van der Waals surface area contributed by atoms with Crippen molar-refractivity contribution in [2.45, 2.75) is 110 Å². The summed E-state index contributed by atoms with van der Waals surface area (Å²) in [6.07, 6.45) is 25.1. The number of carbonyl (C=O) groups is 1. The summed E-state index contributed by atoms with van der Waals surface area (Å²) in [5.74, 6) is -0.161. The number of esters is 1. The van der Waals surface area contributed by atoms with Gasteiger partial charge < -0.3 is 0 Å². The quantitative estimate of drug-likeness (QED) is 0.0753. The molecule has 168 valence electrons. The van der Waals surface area contributed by atoms with E-state index < -0.39 is 5.31 Å². The Morgan fingerprint density at radius 1 is 0.786 bits per heavy atom. The molecule has 0 spiro atoms. The zero-order valence-electron chi connectivity index (χ0n) is 19.2. The van der Waals surface area contributed by atoms with Crippen LogP contribution in [0.5, 0.6) is 0 Å². The van der Waals surface area contributed by atoms with Crippen molar-refractivity contribution in [1.29, 1.82) is 0 Å². The number of halogens is 1. The van der Waals surface area contributed by atoms with Crippen molar-refractivity contribution in [1.82, 2.24) is 0 Å². The molecule has 0 atom stereocenters. The topological polar surface area (TPSA) is 26.3 Å². The van der Waals surface area contributed by atoms with E-state index in [9.17, 15) is 4.79 Å². The summed E-state index contributed by atoms with van der Waals surface area (Å²) < 4.78 is 4.90. The number of carbonyl (C=O) groups excluding carboxylic acids is 1.